The molecule has 1 atom stereocenters. The molecule has 1 aromatic carbocycles. The number of aromatic nitrogens is 3. The molecule has 6 heteroatoms. The van der Waals surface area contributed by atoms with Gasteiger partial charge in [0.15, 0.2) is 5.65 Å². The van der Waals surface area contributed by atoms with Gasteiger partial charge in [-0.05, 0) is 69.7 Å². The highest BCUT2D eigenvalue weighted by Gasteiger charge is 2.27. The van der Waals surface area contributed by atoms with Crippen molar-refractivity contribution < 1.29 is 4.79 Å². The molecule has 0 saturated carbocycles. The number of nitrogens with one attached hydrogen (secondary N) is 1. The van der Waals surface area contributed by atoms with Crippen molar-refractivity contribution in [2.24, 2.45) is 0 Å². The standard InChI is InChI=1S/C27H37N5O/c1-5-15-28-27(33)14-13-23-20(3)29-26-17-24(30-32(26)21(23)4)25-12-8-9-16-31(25)18-22-11-7-6-10-19(22)2/h6-7,10-11,17,25H,5,8-9,12-16,18H2,1-4H3,(H,28,33). The summed E-state index contributed by atoms with van der Waals surface area (Å²) in [5.41, 5.74) is 7.96. The molecular weight excluding hydrogens is 410 g/mol. The van der Waals surface area contributed by atoms with Gasteiger partial charge >= 0.3 is 0 Å². The van der Waals surface area contributed by atoms with Crippen LogP contribution in [0.1, 0.15) is 78.8 Å². The van der Waals surface area contributed by atoms with E-state index in [1.165, 1.54) is 24.0 Å². The number of hydrogen-bond acceptors (Lipinski definition) is 4. The Labute approximate surface area is 197 Å². The molecule has 0 aliphatic carbocycles. The highest BCUT2D eigenvalue weighted by Crippen LogP contribution is 2.32. The lowest BCUT2D eigenvalue weighted by molar-refractivity contribution is -0.121. The van der Waals surface area contributed by atoms with Gasteiger partial charge in [0.05, 0.1) is 11.7 Å². The largest absolute Gasteiger partial charge is 0.356 e. The van der Waals surface area contributed by atoms with Gasteiger partial charge in [-0.15, -0.1) is 0 Å². The molecule has 0 bridgehead atoms. The number of carbonyl (C=O) groups excluding carboxylic acids is 1. The number of benzene rings is 1. The first kappa shape index (κ1) is 23.4. The Balaban J connectivity index is 1.58. The SMILES string of the molecule is CCCNC(=O)CCc1c(C)nc2cc(C3CCCCN3Cc3ccccc3C)nn2c1C. The first-order valence-electron chi connectivity index (χ1n) is 12.4. The van der Waals surface area contributed by atoms with Crippen LogP contribution in [0.15, 0.2) is 30.3 Å². The molecule has 33 heavy (non-hydrogen) atoms. The zero-order valence-corrected chi connectivity index (χ0v) is 20.5. The highest BCUT2D eigenvalue weighted by atomic mass is 16.1. The molecule has 1 saturated heterocycles. The van der Waals surface area contributed by atoms with Gasteiger partial charge in [-0.25, -0.2) is 9.50 Å². The number of amides is 1. The maximum Gasteiger partial charge on any atom is 0.220 e. The Bertz CT molecular complexity index is 1120. The van der Waals surface area contributed by atoms with Gasteiger partial charge in [0.25, 0.3) is 0 Å². The van der Waals surface area contributed by atoms with Crippen LogP contribution in [0.4, 0.5) is 0 Å². The average Bonchev–Trinajstić information content (AvgIpc) is 3.23. The minimum atomic E-state index is 0.103. The molecule has 6 nitrogen and oxygen atoms in total. The summed E-state index contributed by atoms with van der Waals surface area (Å²) in [5, 5.41) is 8.01. The van der Waals surface area contributed by atoms with Crippen LogP contribution in [-0.4, -0.2) is 38.5 Å². The second-order valence-electron chi connectivity index (χ2n) is 9.36. The van der Waals surface area contributed by atoms with E-state index in [1.807, 2.05) is 11.4 Å². The summed E-state index contributed by atoms with van der Waals surface area (Å²) in [7, 11) is 0. The van der Waals surface area contributed by atoms with Crippen LogP contribution >= 0.6 is 0 Å². The van der Waals surface area contributed by atoms with E-state index in [-0.39, 0.29) is 5.91 Å². The maximum atomic E-state index is 12.1. The zero-order chi connectivity index (χ0) is 23.4. The molecule has 1 fully saturated rings. The summed E-state index contributed by atoms with van der Waals surface area (Å²) in [6.45, 7) is 11.2. The lowest BCUT2D eigenvalue weighted by atomic mass is 9.98. The number of nitrogens with zero attached hydrogens (tertiary/aromatic N) is 4. The number of fused-ring (bicyclic) bond motifs is 1. The van der Waals surface area contributed by atoms with Gasteiger partial charge in [-0.3, -0.25) is 9.69 Å². The monoisotopic (exact) mass is 447 g/mol. The number of rotatable bonds is 8. The maximum absolute atomic E-state index is 12.1. The number of piperidine rings is 1. The fourth-order valence-electron chi connectivity index (χ4n) is 4.98. The van der Waals surface area contributed by atoms with E-state index < -0.39 is 0 Å². The predicted molar refractivity (Wildman–Crippen MR) is 132 cm³/mol. The first-order chi connectivity index (χ1) is 16.0. The van der Waals surface area contributed by atoms with Crippen molar-refractivity contribution in [3.63, 3.8) is 0 Å². The molecule has 2 aromatic heterocycles. The molecular formula is C27H37N5O. The van der Waals surface area contributed by atoms with E-state index >= 15 is 0 Å². The predicted octanol–water partition coefficient (Wildman–Crippen LogP) is 4.84. The molecule has 3 aromatic rings. The van der Waals surface area contributed by atoms with Crippen LogP contribution in [0.25, 0.3) is 5.65 Å². The fourth-order valence-corrected chi connectivity index (χ4v) is 4.98. The lowest BCUT2D eigenvalue weighted by Gasteiger charge is -2.35. The quantitative estimate of drug-likeness (QED) is 0.537. The Morgan fingerprint density at radius 3 is 2.79 bits per heavy atom. The number of aryl methyl sites for hydroxylation is 3. The second-order valence-corrected chi connectivity index (χ2v) is 9.36. The van der Waals surface area contributed by atoms with E-state index in [9.17, 15) is 4.79 Å². The van der Waals surface area contributed by atoms with Gasteiger partial charge in [0.1, 0.15) is 0 Å². The van der Waals surface area contributed by atoms with Gasteiger partial charge in [-0.2, -0.15) is 5.10 Å². The van der Waals surface area contributed by atoms with Crippen molar-refractivity contribution in [3.05, 3.63) is 64.1 Å². The van der Waals surface area contributed by atoms with Crippen molar-refractivity contribution in [1.82, 2.24) is 24.8 Å². The Kier molecular flexibility index (Phi) is 7.43. The van der Waals surface area contributed by atoms with Crippen LogP contribution in [-0.2, 0) is 17.8 Å². The molecule has 1 aliphatic heterocycles. The minimum absolute atomic E-state index is 0.103. The molecule has 0 spiro atoms. The summed E-state index contributed by atoms with van der Waals surface area (Å²) in [6, 6.07) is 11.1. The molecule has 1 unspecified atom stereocenters. The third-order valence-electron chi connectivity index (χ3n) is 6.95. The van der Waals surface area contributed by atoms with Crippen LogP contribution in [0, 0.1) is 20.8 Å². The van der Waals surface area contributed by atoms with Crippen LogP contribution in [0.3, 0.4) is 0 Å². The summed E-state index contributed by atoms with van der Waals surface area (Å²) in [4.78, 5) is 19.6. The minimum Gasteiger partial charge on any atom is -0.356 e. The van der Waals surface area contributed by atoms with Crippen LogP contribution in [0.2, 0.25) is 0 Å². The van der Waals surface area contributed by atoms with Crippen molar-refractivity contribution in [2.75, 3.05) is 13.1 Å². The van der Waals surface area contributed by atoms with Crippen molar-refractivity contribution >= 4 is 11.6 Å². The summed E-state index contributed by atoms with van der Waals surface area (Å²) in [5.74, 6) is 0.103. The van der Waals surface area contributed by atoms with Crippen LogP contribution in [0.5, 0.6) is 0 Å². The molecule has 0 radical (unpaired) electrons. The third kappa shape index (κ3) is 5.27. The molecule has 1 N–H and O–H groups in total. The van der Waals surface area contributed by atoms with E-state index in [1.54, 1.807) is 0 Å². The first-order valence-corrected chi connectivity index (χ1v) is 12.4. The van der Waals surface area contributed by atoms with E-state index in [4.69, 9.17) is 10.1 Å². The third-order valence-corrected chi connectivity index (χ3v) is 6.95. The van der Waals surface area contributed by atoms with Crippen molar-refractivity contribution in [1.29, 1.82) is 0 Å². The molecule has 1 aliphatic rings. The lowest BCUT2D eigenvalue weighted by Crippen LogP contribution is -2.33. The zero-order valence-electron chi connectivity index (χ0n) is 20.5. The molecule has 1 amide bonds. The average molecular weight is 448 g/mol. The smallest absolute Gasteiger partial charge is 0.220 e. The molecule has 176 valence electrons. The van der Waals surface area contributed by atoms with Crippen LogP contribution < -0.4 is 5.32 Å². The molecule has 4 rings (SSSR count). The van der Waals surface area contributed by atoms with Gasteiger partial charge in [-0.1, -0.05) is 37.6 Å². The highest BCUT2D eigenvalue weighted by molar-refractivity contribution is 5.76. The van der Waals surface area contributed by atoms with E-state index in [2.05, 4.69) is 61.3 Å². The number of likely N-dealkylation sites (tertiary alicyclic amines) is 1. The van der Waals surface area contributed by atoms with Gasteiger partial charge in [0.2, 0.25) is 5.91 Å². The Hall–Kier alpha value is -2.73. The second kappa shape index (κ2) is 10.5. The topological polar surface area (TPSA) is 62.5 Å². The van der Waals surface area contributed by atoms with Crippen molar-refractivity contribution in [3.8, 4) is 0 Å². The Morgan fingerprint density at radius 2 is 2.00 bits per heavy atom. The summed E-state index contributed by atoms with van der Waals surface area (Å²) in [6.07, 6.45) is 5.71. The van der Waals surface area contributed by atoms with E-state index in [0.29, 0.717) is 18.9 Å². The Morgan fingerprint density at radius 1 is 1.18 bits per heavy atom. The van der Waals surface area contributed by atoms with Crippen molar-refractivity contribution in [2.45, 2.75) is 78.8 Å². The summed E-state index contributed by atoms with van der Waals surface area (Å²) < 4.78 is 1.99. The van der Waals surface area contributed by atoms with Gasteiger partial charge < -0.3 is 5.32 Å². The summed E-state index contributed by atoms with van der Waals surface area (Å²) >= 11 is 0. The normalized spacial score (nSPS) is 16.9. The van der Waals surface area contributed by atoms with E-state index in [0.717, 1.165) is 60.8 Å². The molecule has 3 heterocycles. The number of carbonyl (C=O) groups is 1. The number of hydrogen-bond donors (Lipinski definition) is 1. The van der Waals surface area contributed by atoms with Gasteiger partial charge in [0, 0.05) is 37.0 Å². The fraction of sp³-hybridized carbons (Fsp3) is 0.519.